The summed E-state index contributed by atoms with van der Waals surface area (Å²) in [6.45, 7) is 4.78. The zero-order valence-electron chi connectivity index (χ0n) is 36.0. The molecule has 0 aliphatic heterocycles. The summed E-state index contributed by atoms with van der Waals surface area (Å²) >= 11 is 0. The monoisotopic (exact) mass is 815 g/mol. The van der Waals surface area contributed by atoms with E-state index < -0.39 is 5.41 Å². The Morgan fingerprint density at radius 3 is 1.62 bits per heavy atom. The largest absolute Gasteiger partial charge is 0.310 e. The maximum Gasteiger partial charge on any atom is 0.0714 e. The summed E-state index contributed by atoms with van der Waals surface area (Å²) in [7, 11) is 0. The van der Waals surface area contributed by atoms with Crippen LogP contribution in [0.2, 0.25) is 0 Å². The zero-order chi connectivity index (χ0) is 42.6. The Kier molecular flexibility index (Phi) is 8.00. The number of nitrogens with zero attached hydrogens (tertiary/aromatic N) is 1. The van der Waals surface area contributed by atoms with Gasteiger partial charge in [0.15, 0.2) is 0 Å². The van der Waals surface area contributed by atoms with Gasteiger partial charge in [-0.25, -0.2) is 0 Å². The zero-order valence-corrected chi connectivity index (χ0v) is 36.0. The predicted octanol–water partition coefficient (Wildman–Crippen LogP) is 16.2. The third-order valence-electron chi connectivity index (χ3n) is 14.7. The molecular weight excluding hydrogens is 771 g/mol. The summed E-state index contributed by atoms with van der Waals surface area (Å²) in [4.78, 5) is 2.58. The van der Waals surface area contributed by atoms with Gasteiger partial charge in [-0.1, -0.05) is 202 Å². The molecule has 0 spiro atoms. The number of hydrogen-bond donors (Lipinski definition) is 0. The lowest BCUT2D eigenvalue weighted by molar-refractivity contribution is 0.660. The van der Waals surface area contributed by atoms with Gasteiger partial charge in [0.2, 0.25) is 0 Å². The summed E-state index contributed by atoms with van der Waals surface area (Å²) in [6, 6.07) is 84.4. The summed E-state index contributed by atoms with van der Waals surface area (Å²) in [5.41, 5.74) is 23.7. The molecule has 3 aliphatic rings. The maximum absolute atomic E-state index is 2.58. The molecule has 1 nitrogen and oxygen atoms in total. The lowest BCUT2D eigenvalue weighted by Crippen LogP contribution is -2.28. The Morgan fingerprint density at radius 1 is 0.375 bits per heavy atom. The van der Waals surface area contributed by atoms with Crippen molar-refractivity contribution in [1.29, 1.82) is 0 Å². The molecule has 302 valence electrons. The van der Waals surface area contributed by atoms with Gasteiger partial charge >= 0.3 is 0 Å². The molecule has 64 heavy (non-hydrogen) atoms. The number of fused-ring (bicyclic) bond motifs is 11. The Morgan fingerprint density at radius 2 is 0.922 bits per heavy atom. The van der Waals surface area contributed by atoms with E-state index >= 15 is 0 Å². The van der Waals surface area contributed by atoms with Crippen molar-refractivity contribution >= 4 is 27.8 Å². The van der Waals surface area contributed by atoms with Gasteiger partial charge in [-0.3, -0.25) is 0 Å². The van der Waals surface area contributed by atoms with E-state index in [1.807, 2.05) is 0 Å². The van der Waals surface area contributed by atoms with Crippen LogP contribution >= 0.6 is 0 Å². The van der Waals surface area contributed by atoms with Gasteiger partial charge < -0.3 is 4.90 Å². The topological polar surface area (TPSA) is 3.24 Å². The number of benzene rings is 10. The van der Waals surface area contributed by atoms with Crippen LogP contribution in [0.15, 0.2) is 224 Å². The smallest absolute Gasteiger partial charge is 0.0714 e. The molecule has 0 radical (unpaired) electrons. The van der Waals surface area contributed by atoms with Crippen molar-refractivity contribution in [2.45, 2.75) is 31.1 Å². The molecule has 0 atom stereocenters. The first-order chi connectivity index (χ1) is 31.5. The van der Waals surface area contributed by atoms with Crippen molar-refractivity contribution in [1.82, 2.24) is 0 Å². The highest BCUT2D eigenvalue weighted by Gasteiger charge is 2.46. The van der Waals surface area contributed by atoms with Gasteiger partial charge in [0.25, 0.3) is 0 Å². The van der Waals surface area contributed by atoms with Gasteiger partial charge in [-0.15, -0.1) is 0 Å². The van der Waals surface area contributed by atoms with E-state index in [1.54, 1.807) is 0 Å². The molecule has 0 fully saturated rings. The molecule has 0 bridgehead atoms. The molecule has 0 saturated heterocycles. The lowest BCUT2D eigenvalue weighted by atomic mass is 9.67. The summed E-state index contributed by atoms with van der Waals surface area (Å²) < 4.78 is 0. The third kappa shape index (κ3) is 5.19. The predicted molar refractivity (Wildman–Crippen MR) is 267 cm³/mol. The highest BCUT2D eigenvalue weighted by atomic mass is 15.1. The first-order valence-corrected chi connectivity index (χ1v) is 22.6. The van der Waals surface area contributed by atoms with Gasteiger partial charge in [0, 0.05) is 22.4 Å². The Labute approximate surface area is 375 Å². The van der Waals surface area contributed by atoms with Gasteiger partial charge in [0.1, 0.15) is 0 Å². The Hall–Kier alpha value is -7.74. The third-order valence-corrected chi connectivity index (χ3v) is 14.7. The van der Waals surface area contributed by atoms with Gasteiger partial charge in [-0.05, 0) is 137 Å². The quantitative estimate of drug-likeness (QED) is 0.162. The van der Waals surface area contributed by atoms with Crippen molar-refractivity contribution in [3.05, 3.63) is 269 Å². The van der Waals surface area contributed by atoms with E-state index in [1.165, 1.54) is 105 Å². The summed E-state index contributed by atoms with van der Waals surface area (Å²) in [5, 5.41) is 2.60. The Balaban J connectivity index is 1.11. The lowest BCUT2D eigenvalue weighted by Gasteiger charge is -2.35. The van der Waals surface area contributed by atoms with E-state index in [0.717, 1.165) is 17.8 Å². The number of anilines is 3. The molecule has 0 aromatic heterocycles. The normalized spacial score (nSPS) is 14.3. The summed E-state index contributed by atoms with van der Waals surface area (Å²) in [6.07, 6.45) is 0.891. The molecule has 10 aromatic rings. The van der Waals surface area contributed by atoms with Crippen LogP contribution in [0, 0.1) is 0 Å². The van der Waals surface area contributed by atoms with Crippen LogP contribution in [0.25, 0.3) is 55.3 Å². The SMILES string of the molecule is CC1(C)c2ccccc2-c2ccc(N(c3ccc4c(c3)C(c3ccccc3)(c3ccccc3)c3ccccc3-4)c3cc4c(cc3-c3ccccc3)-c3c(ccc5ccccc35)C4)cc21. The first kappa shape index (κ1) is 36.9. The van der Waals surface area contributed by atoms with Crippen molar-refractivity contribution in [2.24, 2.45) is 0 Å². The molecule has 0 amide bonds. The van der Waals surface area contributed by atoms with E-state index in [2.05, 4.69) is 243 Å². The highest BCUT2D eigenvalue weighted by Crippen LogP contribution is 2.59. The minimum absolute atomic E-state index is 0.161. The van der Waals surface area contributed by atoms with E-state index in [4.69, 9.17) is 0 Å². The minimum atomic E-state index is -0.527. The minimum Gasteiger partial charge on any atom is -0.310 e. The molecule has 1 heteroatoms. The molecule has 3 aliphatic carbocycles. The Bertz CT molecular complexity index is 3450. The van der Waals surface area contributed by atoms with Crippen LogP contribution in [0.1, 0.15) is 58.4 Å². The van der Waals surface area contributed by atoms with Crippen LogP contribution in [0.4, 0.5) is 17.1 Å². The number of rotatable bonds is 6. The highest BCUT2D eigenvalue weighted by molar-refractivity contribution is 6.04. The average molecular weight is 816 g/mol. The van der Waals surface area contributed by atoms with Crippen molar-refractivity contribution < 1.29 is 0 Å². The molecule has 0 saturated carbocycles. The van der Waals surface area contributed by atoms with Crippen LogP contribution < -0.4 is 4.90 Å². The standard InChI is InChI=1S/C63H45N/c1-62(2)56-28-16-14-26-50(56)52-34-32-47(38-58(52)62)64(60-37-44-36-43-31-30-42-20-12-13-25-49(42)61(43)55(44)40-54(60)41-18-6-3-7-19-41)48-33-35-53-51-27-15-17-29-57(51)63(59(53)39-48,45-21-8-4-9-22-45)46-23-10-5-11-24-46/h3-35,37-40H,36H2,1-2H3. The molecule has 0 unspecified atom stereocenters. The molecule has 0 N–H and O–H groups in total. The van der Waals surface area contributed by atoms with Crippen LogP contribution in [0.3, 0.4) is 0 Å². The molecular formula is C63H45N. The number of hydrogen-bond acceptors (Lipinski definition) is 1. The van der Waals surface area contributed by atoms with Crippen LogP contribution in [0.5, 0.6) is 0 Å². The summed E-state index contributed by atoms with van der Waals surface area (Å²) in [5.74, 6) is 0. The molecule has 0 heterocycles. The second-order valence-electron chi connectivity index (χ2n) is 18.4. The maximum atomic E-state index is 2.58. The van der Waals surface area contributed by atoms with Crippen molar-refractivity contribution in [3.8, 4) is 44.5 Å². The molecule has 13 rings (SSSR count). The fourth-order valence-corrected chi connectivity index (χ4v) is 11.9. The fourth-order valence-electron chi connectivity index (χ4n) is 11.9. The van der Waals surface area contributed by atoms with E-state index in [-0.39, 0.29) is 5.41 Å². The van der Waals surface area contributed by atoms with E-state index in [9.17, 15) is 0 Å². The average Bonchev–Trinajstić information content (AvgIpc) is 3.95. The van der Waals surface area contributed by atoms with Crippen LogP contribution in [-0.2, 0) is 17.3 Å². The fraction of sp³-hybridized carbons (Fsp3) is 0.0794. The van der Waals surface area contributed by atoms with Crippen molar-refractivity contribution in [3.63, 3.8) is 0 Å². The van der Waals surface area contributed by atoms with Crippen LogP contribution in [-0.4, -0.2) is 0 Å². The van der Waals surface area contributed by atoms with Gasteiger partial charge in [-0.2, -0.15) is 0 Å². The second kappa shape index (κ2) is 13.9. The second-order valence-corrected chi connectivity index (χ2v) is 18.4. The van der Waals surface area contributed by atoms with E-state index in [0.29, 0.717) is 0 Å². The van der Waals surface area contributed by atoms with Gasteiger partial charge in [0.05, 0.1) is 11.1 Å². The first-order valence-electron chi connectivity index (χ1n) is 22.6. The molecule has 10 aromatic carbocycles. The van der Waals surface area contributed by atoms with Crippen molar-refractivity contribution in [2.75, 3.05) is 4.90 Å².